The van der Waals surface area contributed by atoms with Crippen molar-refractivity contribution in [2.75, 3.05) is 18.2 Å². The second kappa shape index (κ2) is 6.09. The number of esters is 1. The van der Waals surface area contributed by atoms with Gasteiger partial charge in [0.25, 0.3) is 0 Å². The first-order chi connectivity index (χ1) is 9.93. The second-order valence-corrected chi connectivity index (χ2v) is 5.17. The fraction of sp³-hybridized carbons (Fsp3) is 0.143. The van der Waals surface area contributed by atoms with E-state index in [9.17, 15) is 9.18 Å². The first kappa shape index (κ1) is 15.2. The van der Waals surface area contributed by atoms with Crippen molar-refractivity contribution < 1.29 is 13.9 Å². The first-order valence-electron chi connectivity index (χ1n) is 5.99. The third kappa shape index (κ3) is 3.13. The number of rotatable bonds is 3. The molecule has 1 aromatic heterocycles. The predicted octanol–water partition coefficient (Wildman–Crippen LogP) is 3.40. The molecule has 0 amide bonds. The van der Waals surface area contributed by atoms with Crippen molar-refractivity contribution in [1.82, 2.24) is 4.98 Å². The van der Waals surface area contributed by atoms with Crippen molar-refractivity contribution in [3.63, 3.8) is 0 Å². The maximum atomic E-state index is 13.6. The number of carbonyl (C=O) groups is 1. The molecule has 3 N–H and O–H groups in total. The summed E-state index contributed by atoms with van der Waals surface area (Å²) >= 11 is 3.12. The number of hydrogen-bond donors (Lipinski definition) is 2. The van der Waals surface area contributed by atoms with E-state index in [-0.39, 0.29) is 17.1 Å². The lowest BCUT2D eigenvalue weighted by atomic mass is 10.1. The van der Waals surface area contributed by atoms with Gasteiger partial charge in [0, 0.05) is 11.9 Å². The van der Waals surface area contributed by atoms with Crippen LogP contribution < -0.4 is 11.1 Å². The SMILES string of the molecule is COC(=O)c1ccnc(Nc2cc(F)c(Br)cc2C)c1N. The highest BCUT2D eigenvalue weighted by molar-refractivity contribution is 9.10. The Morgan fingerprint density at radius 1 is 1.48 bits per heavy atom. The molecule has 5 nitrogen and oxygen atoms in total. The van der Waals surface area contributed by atoms with Crippen molar-refractivity contribution in [3.8, 4) is 0 Å². The molecule has 110 valence electrons. The van der Waals surface area contributed by atoms with Gasteiger partial charge < -0.3 is 15.8 Å². The number of carbonyl (C=O) groups excluding carboxylic acids is 1. The molecule has 0 aliphatic rings. The molecule has 0 saturated heterocycles. The average Bonchev–Trinajstić information content (AvgIpc) is 2.46. The highest BCUT2D eigenvalue weighted by Crippen LogP contribution is 2.29. The van der Waals surface area contributed by atoms with Crippen molar-refractivity contribution >= 4 is 39.1 Å². The molecule has 0 aliphatic heterocycles. The lowest BCUT2D eigenvalue weighted by molar-refractivity contribution is 0.0602. The summed E-state index contributed by atoms with van der Waals surface area (Å²) in [7, 11) is 1.27. The molecular formula is C14H13BrFN3O2. The minimum Gasteiger partial charge on any atom is -0.465 e. The number of nitrogens with two attached hydrogens (primary N) is 1. The van der Waals surface area contributed by atoms with Gasteiger partial charge in [-0.1, -0.05) is 0 Å². The number of nitrogens with zero attached hydrogens (tertiary/aromatic N) is 1. The second-order valence-electron chi connectivity index (χ2n) is 4.32. The monoisotopic (exact) mass is 353 g/mol. The number of nitrogens with one attached hydrogen (secondary N) is 1. The molecule has 0 spiro atoms. The maximum Gasteiger partial charge on any atom is 0.340 e. The summed E-state index contributed by atoms with van der Waals surface area (Å²) in [4.78, 5) is 15.6. The van der Waals surface area contributed by atoms with Crippen LogP contribution in [-0.4, -0.2) is 18.1 Å². The van der Waals surface area contributed by atoms with Crippen LogP contribution in [0.2, 0.25) is 0 Å². The number of aromatic nitrogens is 1. The third-order valence-corrected chi connectivity index (χ3v) is 3.52. The summed E-state index contributed by atoms with van der Waals surface area (Å²) < 4.78 is 18.6. The standard InChI is InChI=1S/C14H13BrFN3O2/c1-7-5-9(15)10(16)6-11(7)19-13-12(17)8(3-4-18-13)14(20)21-2/h3-6H,17H2,1-2H3,(H,18,19). The highest BCUT2D eigenvalue weighted by Gasteiger charge is 2.15. The first-order valence-corrected chi connectivity index (χ1v) is 6.78. The van der Waals surface area contributed by atoms with Crippen LogP contribution >= 0.6 is 15.9 Å². The highest BCUT2D eigenvalue weighted by atomic mass is 79.9. The van der Waals surface area contributed by atoms with Gasteiger partial charge in [-0.3, -0.25) is 0 Å². The molecule has 1 aromatic carbocycles. The summed E-state index contributed by atoms with van der Waals surface area (Å²) in [5, 5.41) is 2.92. The molecule has 1 heterocycles. The van der Waals surface area contributed by atoms with Crippen molar-refractivity contribution in [2.45, 2.75) is 6.92 Å². The van der Waals surface area contributed by atoms with Gasteiger partial charge in [0.05, 0.1) is 22.8 Å². The van der Waals surface area contributed by atoms with Gasteiger partial charge in [-0.05, 0) is 46.6 Å². The fourth-order valence-electron chi connectivity index (χ4n) is 1.77. The Labute approximate surface area is 129 Å². The Morgan fingerprint density at radius 3 is 2.86 bits per heavy atom. The Bertz CT molecular complexity index is 707. The largest absolute Gasteiger partial charge is 0.465 e. The van der Waals surface area contributed by atoms with E-state index in [1.54, 1.807) is 6.07 Å². The quantitative estimate of drug-likeness (QED) is 0.826. The lowest BCUT2D eigenvalue weighted by Crippen LogP contribution is -2.09. The van der Waals surface area contributed by atoms with Gasteiger partial charge in [-0.15, -0.1) is 0 Å². The molecule has 0 atom stereocenters. The van der Waals surface area contributed by atoms with Gasteiger partial charge in [0.2, 0.25) is 0 Å². The number of pyridine rings is 1. The minimum absolute atomic E-state index is 0.145. The summed E-state index contributed by atoms with van der Waals surface area (Å²) in [6.07, 6.45) is 1.43. The van der Waals surface area contributed by atoms with Crippen molar-refractivity contribution in [2.24, 2.45) is 0 Å². The van der Waals surface area contributed by atoms with Crippen LogP contribution in [0.5, 0.6) is 0 Å². The zero-order valence-corrected chi connectivity index (χ0v) is 13.0. The van der Waals surface area contributed by atoms with Crippen LogP contribution in [0.4, 0.5) is 21.6 Å². The summed E-state index contributed by atoms with van der Waals surface area (Å²) in [5.74, 6) is -0.704. The Hall–Kier alpha value is -2.15. The molecule has 0 bridgehead atoms. The van der Waals surface area contributed by atoms with Crippen LogP contribution in [0.3, 0.4) is 0 Å². The van der Waals surface area contributed by atoms with Crippen LogP contribution in [0.1, 0.15) is 15.9 Å². The van der Waals surface area contributed by atoms with Gasteiger partial charge in [-0.25, -0.2) is 14.2 Å². The van der Waals surface area contributed by atoms with Crippen LogP contribution in [-0.2, 0) is 4.74 Å². The molecule has 7 heteroatoms. The number of aryl methyl sites for hydroxylation is 1. The predicted molar refractivity (Wildman–Crippen MR) is 82.1 cm³/mol. The lowest BCUT2D eigenvalue weighted by Gasteiger charge is -2.13. The molecular weight excluding hydrogens is 341 g/mol. The number of hydrogen-bond acceptors (Lipinski definition) is 5. The van der Waals surface area contributed by atoms with E-state index in [1.165, 1.54) is 25.4 Å². The van der Waals surface area contributed by atoms with Crippen LogP contribution in [0.15, 0.2) is 28.9 Å². The van der Waals surface area contributed by atoms with Gasteiger partial charge in [0.15, 0.2) is 5.82 Å². The average molecular weight is 354 g/mol. The number of benzene rings is 1. The topological polar surface area (TPSA) is 77.2 Å². The third-order valence-electron chi connectivity index (χ3n) is 2.92. The summed E-state index contributed by atoms with van der Waals surface area (Å²) in [6.45, 7) is 1.81. The van der Waals surface area contributed by atoms with Gasteiger partial charge in [-0.2, -0.15) is 0 Å². The van der Waals surface area contributed by atoms with Crippen molar-refractivity contribution in [3.05, 3.63) is 45.8 Å². The zero-order chi connectivity index (χ0) is 15.6. The summed E-state index contributed by atoms with van der Waals surface area (Å²) in [5.41, 5.74) is 7.55. The summed E-state index contributed by atoms with van der Waals surface area (Å²) in [6, 6.07) is 4.42. The minimum atomic E-state index is -0.559. The normalized spacial score (nSPS) is 10.3. The number of anilines is 3. The molecule has 0 unspecified atom stereocenters. The van der Waals surface area contributed by atoms with Crippen LogP contribution in [0.25, 0.3) is 0 Å². The van der Waals surface area contributed by atoms with E-state index in [0.717, 1.165) is 5.56 Å². The fourth-order valence-corrected chi connectivity index (χ4v) is 2.23. The van der Waals surface area contributed by atoms with Crippen LogP contribution in [0, 0.1) is 12.7 Å². The van der Waals surface area contributed by atoms with E-state index in [2.05, 4.69) is 31.0 Å². The molecule has 2 rings (SSSR count). The van der Waals surface area contributed by atoms with Crippen molar-refractivity contribution in [1.29, 1.82) is 0 Å². The molecule has 21 heavy (non-hydrogen) atoms. The van der Waals surface area contributed by atoms with E-state index in [1.807, 2.05) is 6.92 Å². The van der Waals surface area contributed by atoms with E-state index in [0.29, 0.717) is 10.2 Å². The Kier molecular flexibility index (Phi) is 4.42. The number of nitrogen functional groups attached to an aromatic ring is 1. The Balaban J connectivity index is 2.41. The molecule has 0 aliphatic carbocycles. The maximum absolute atomic E-state index is 13.6. The van der Waals surface area contributed by atoms with E-state index in [4.69, 9.17) is 5.73 Å². The molecule has 0 saturated carbocycles. The Morgan fingerprint density at radius 2 is 2.19 bits per heavy atom. The smallest absolute Gasteiger partial charge is 0.340 e. The van der Waals surface area contributed by atoms with E-state index < -0.39 is 11.8 Å². The van der Waals surface area contributed by atoms with Gasteiger partial charge in [0.1, 0.15) is 5.82 Å². The van der Waals surface area contributed by atoms with E-state index >= 15 is 0 Å². The number of ether oxygens (including phenoxy) is 1. The molecule has 0 fully saturated rings. The molecule has 2 aromatic rings. The molecule has 0 radical (unpaired) electrons. The zero-order valence-electron chi connectivity index (χ0n) is 11.4. The number of halogens is 2. The van der Waals surface area contributed by atoms with Gasteiger partial charge >= 0.3 is 5.97 Å². The number of methoxy groups -OCH3 is 1.